The molecule has 1 aromatic rings. The smallest absolute Gasteiger partial charge is 0.255 e. The molecule has 0 radical (unpaired) electrons. The van der Waals surface area contributed by atoms with Gasteiger partial charge in [-0.2, -0.15) is 5.10 Å². The number of hydrogen-bond donors (Lipinski definition) is 3. The Balaban J connectivity index is 2.97. The molecule has 0 atom stereocenters. The van der Waals surface area contributed by atoms with Crippen LogP contribution in [0.2, 0.25) is 5.02 Å². The van der Waals surface area contributed by atoms with Gasteiger partial charge in [0.1, 0.15) is 0 Å². The summed E-state index contributed by atoms with van der Waals surface area (Å²) in [6, 6.07) is 3.19. The van der Waals surface area contributed by atoms with Crippen LogP contribution >= 0.6 is 23.8 Å². The molecule has 0 saturated carbocycles. The van der Waals surface area contributed by atoms with Crippen LogP contribution in [0.1, 0.15) is 5.56 Å². The molecular weight excluding hydrogens is 304 g/mol. The molecule has 7 nitrogen and oxygen atoms in total. The average molecular weight is 317 g/mol. The van der Waals surface area contributed by atoms with Crippen molar-refractivity contribution in [1.82, 2.24) is 5.43 Å². The first-order valence-corrected chi connectivity index (χ1v) is 6.09. The molecule has 0 bridgehead atoms. The number of hydrogen-bond acceptors (Lipinski definition) is 5. The molecule has 0 aromatic heterocycles. The van der Waals surface area contributed by atoms with E-state index < -0.39 is 5.91 Å². The van der Waals surface area contributed by atoms with Gasteiger partial charge in [-0.3, -0.25) is 10.2 Å². The second-order valence-electron chi connectivity index (χ2n) is 3.52. The first-order valence-electron chi connectivity index (χ1n) is 5.31. The van der Waals surface area contributed by atoms with Crippen molar-refractivity contribution in [3.63, 3.8) is 0 Å². The van der Waals surface area contributed by atoms with Gasteiger partial charge in [-0.05, 0) is 29.9 Å². The van der Waals surface area contributed by atoms with Crippen LogP contribution in [0, 0.1) is 0 Å². The standard InChI is InChI=1S/C11H13ClN4O3S/c1-18-8-3-6(4-15-16-11(14)20)2-7(12)10(8)19-5-9(13)17/h2-4H,5H2,1H3,(H2,13,17)(H3,14,16,20)/b15-4+. The number of nitrogens with two attached hydrogens (primary N) is 2. The van der Waals surface area contributed by atoms with Crippen LogP contribution in [0.5, 0.6) is 11.5 Å². The third-order valence-corrected chi connectivity index (χ3v) is 2.37. The highest BCUT2D eigenvalue weighted by Crippen LogP contribution is 2.35. The Bertz CT molecular complexity index is 551. The number of ether oxygens (including phenoxy) is 2. The predicted octanol–water partition coefficient (Wildman–Crippen LogP) is 0.380. The third-order valence-electron chi connectivity index (χ3n) is 2.00. The van der Waals surface area contributed by atoms with E-state index in [1.807, 2.05) is 0 Å². The van der Waals surface area contributed by atoms with Crippen molar-refractivity contribution in [2.45, 2.75) is 0 Å². The molecule has 0 fully saturated rings. The maximum absolute atomic E-state index is 10.7. The van der Waals surface area contributed by atoms with Crippen molar-refractivity contribution in [2.24, 2.45) is 16.6 Å². The molecule has 0 aliphatic rings. The molecule has 1 rings (SSSR count). The molecule has 0 saturated heterocycles. The fourth-order valence-electron chi connectivity index (χ4n) is 1.27. The molecule has 0 aliphatic heterocycles. The van der Waals surface area contributed by atoms with E-state index in [-0.39, 0.29) is 22.5 Å². The molecule has 9 heteroatoms. The van der Waals surface area contributed by atoms with E-state index in [1.54, 1.807) is 12.1 Å². The number of nitrogens with one attached hydrogen (secondary N) is 1. The maximum Gasteiger partial charge on any atom is 0.255 e. The molecule has 0 aliphatic carbocycles. The van der Waals surface area contributed by atoms with E-state index in [0.29, 0.717) is 11.3 Å². The van der Waals surface area contributed by atoms with E-state index in [0.717, 1.165) is 0 Å². The second-order valence-corrected chi connectivity index (χ2v) is 4.37. The summed E-state index contributed by atoms with van der Waals surface area (Å²) in [5, 5.41) is 4.09. The fraction of sp³-hybridized carbons (Fsp3) is 0.182. The quantitative estimate of drug-likeness (QED) is 0.397. The Morgan fingerprint density at radius 2 is 2.25 bits per heavy atom. The number of primary amides is 1. The Labute approximate surface area is 125 Å². The Hall–Kier alpha value is -2.06. The normalized spacial score (nSPS) is 10.3. The Morgan fingerprint density at radius 1 is 1.55 bits per heavy atom. The SMILES string of the molecule is COc1cc(/C=N/NC(N)=S)cc(Cl)c1OCC(N)=O. The van der Waals surface area contributed by atoms with E-state index in [2.05, 4.69) is 22.7 Å². The monoisotopic (exact) mass is 316 g/mol. The van der Waals surface area contributed by atoms with E-state index in [4.69, 9.17) is 32.5 Å². The lowest BCUT2D eigenvalue weighted by Crippen LogP contribution is -2.24. The summed E-state index contributed by atoms with van der Waals surface area (Å²) in [6.07, 6.45) is 1.45. The number of methoxy groups -OCH3 is 1. The van der Waals surface area contributed by atoms with Crippen LogP contribution in [0.25, 0.3) is 0 Å². The van der Waals surface area contributed by atoms with E-state index in [9.17, 15) is 4.79 Å². The zero-order valence-corrected chi connectivity index (χ0v) is 12.1. The number of amides is 1. The van der Waals surface area contributed by atoms with Crippen molar-refractivity contribution in [1.29, 1.82) is 0 Å². The number of carbonyl (C=O) groups is 1. The summed E-state index contributed by atoms with van der Waals surface area (Å²) in [6.45, 7) is -0.299. The van der Waals surface area contributed by atoms with Crippen molar-refractivity contribution >= 4 is 41.1 Å². The molecule has 1 aromatic carbocycles. The highest BCUT2D eigenvalue weighted by atomic mass is 35.5. The van der Waals surface area contributed by atoms with Crippen LogP contribution in [0.3, 0.4) is 0 Å². The number of halogens is 1. The van der Waals surface area contributed by atoms with Gasteiger partial charge in [-0.1, -0.05) is 11.6 Å². The van der Waals surface area contributed by atoms with Crippen LogP contribution in [-0.4, -0.2) is 31.0 Å². The lowest BCUT2D eigenvalue weighted by molar-refractivity contribution is -0.119. The molecular formula is C11H13ClN4O3S. The number of hydrazone groups is 1. The average Bonchev–Trinajstić information content (AvgIpc) is 2.36. The molecule has 5 N–H and O–H groups in total. The topological polar surface area (TPSA) is 112 Å². The van der Waals surface area contributed by atoms with Crippen LogP contribution in [-0.2, 0) is 4.79 Å². The molecule has 0 heterocycles. The van der Waals surface area contributed by atoms with E-state index in [1.165, 1.54) is 13.3 Å². The number of nitrogens with zero attached hydrogens (tertiary/aromatic N) is 1. The number of carbonyl (C=O) groups excluding carboxylic acids is 1. The number of rotatable bonds is 6. The molecule has 20 heavy (non-hydrogen) atoms. The van der Waals surface area contributed by atoms with E-state index >= 15 is 0 Å². The second kappa shape index (κ2) is 7.51. The maximum atomic E-state index is 10.7. The minimum atomic E-state index is -0.616. The summed E-state index contributed by atoms with van der Waals surface area (Å²) in [7, 11) is 1.44. The summed E-state index contributed by atoms with van der Waals surface area (Å²) in [5.41, 5.74) is 13.3. The zero-order valence-electron chi connectivity index (χ0n) is 10.6. The van der Waals surface area contributed by atoms with Gasteiger partial charge in [-0.15, -0.1) is 0 Å². The first kappa shape index (κ1) is 16.0. The summed E-state index contributed by atoms with van der Waals surface area (Å²) < 4.78 is 10.3. The summed E-state index contributed by atoms with van der Waals surface area (Å²) >= 11 is 10.7. The Morgan fingerprint density at radius 3 is 2.80 bits per heavy atom. The lowest BCUT2D eigenvalue weighted by Gasteiger charge is -2.12. The van der Waals surface area contributed by atoms with Gasteiger partial charge in [0.15, 0.2) is 23.2 Å². The van der Waals surface area contributed by atoms with Gasteiger partial charge in [0, 0.05) is 0 Å². The summed E-state index contributed by atoms with van der Waals surface area (Å²) in [5.74, 6) is -0.0441. The van der Waals surface area contributed by atoms with Crippen molar-refractivity contribution in [2.75, 3.05) is 13.7 Å². The van der Waals surface area contributed by atoms with Gasteiger partial charge in [0.25, 0.3) is 5.91 Å². The Kier molecular flexibility index (Phi) is 6.01. The summed E-state index contributed by atoms with van der Waals surface area (Å²) in [4.78, 5) is 10.7. The van der Waals surface area contributed by atoms with Crippen molar-refractivity contribution < 1.29 is 14.3 Å². The molecule has 1 amide bonds. The van der Waals surface area contributed by atoms with Crippen LogP contribution in [0.15, 0.2) is 17.2 Å². The van der Waals surface area contributed by atoms with Gasteiger partial charge >= 0.3 is 0 Å². The third kappa shape index (κ3) is 4.90. The number of benzene rings is 1. The van der Waals surface area contributed by atoms with Crippen molar-refractivity contribution in [3.8, 4) is 11.5 Å². The van der Waals surface area contributed by atoms with Crippen LogP contribution in [0.4, 0.5) is 0 Å². The molecule has 108 valence electrons. The lowest BCUT2D eigenvalue weighted by atomic mass is 10.2. The predicted molar refractivity (Wildman–Crippen MR) is 80.2 cm³/mol. The fourth-order valence-corrected chi connectivity index (χ4v) is 1.59. The highest BCUT2D eigenvalue weighted by molar-refractivity contribution is 7.80. The van der Waals surface area contributed by atoms with Gasteiger partial charge in [-0.25, -0.2) is 0 Å². The minimum Gasteiger partial charge on any atom is -0.493 e. The van der Waals surface area contributed by atoms with Crippen LogP contribution < -0.4 is 26.4 Å². The zero-order chi connectivity index (χ0) is 15.1. The van der Waals surface area contributed by atoms with Gasteiger partial charge in [0.05, 0.1) is 18.3 Å². The highest BCUT2D eigenvalue weighted by Gasteiger charge is 2.12. The minimum absolute atomic E-state index is 0.0423. The van der Waals surface area contributed by atoms with Crippen molar-refractivity contribution in [3.05, 3.63) is 22.7 Å². The molecule has 0 unspecified atom stereocenters. The first-order chi connectivity index (χ1) is 9.43. The number of thiocarbonyl (C=S) groups is 1. The molecule has 0 spiro atoms. The largest absolute Gasteiger partial charge is 0.493 e. The van der Waals surface area contributed by atoms with Gasteiger partial charge < -0.3 is 20.9 Å². The van der Waals surface area contributed by atoms with Gasteiger partial charge in [0.2, 0.25) is 0 Å².